The minimum Gasteiger partial charge on any atom is -0.453 e. The highest BCUT2D eigenvalue weighted by molar-refractivity contribution is 5.98. The second-order valence-corrected chi connectivity index (χ2v) is 6.23. The van der Waals surface area contributed by atoms with Gasteiger partial charge in [0.25, 0.3) is 5.91 Å². The van der Waals surface area contributed by atoms with E-state index in [1.807, 2.05) is 38.1 Å². The molecule has 0 aliphatic rings. The van der Waals surface area contributed by atoms with Gasteiger partial charge in [0.2, 0.25) is 0 Å². The maximum absolute atomic E-state index is 12.2. The average Bonchev–Trinajstić information content (AvgIpc) is 2.62. The van der Waals surface area contributed by atoms with Crippen molar-refractivity contribution in [3.05, 3.63) is 65.2 Å². The molecule has 0 bridgehead atoms. The third-order valence-corrected chi connectivity index (χ3v) is 3.97. The largest absolute Gasteiger partial charge is 0.453 e. The first-order chi connectivity index (χ1) is 12.4. The van der Waals surface area contributed by atoms with E-state index in [-0.39, 0.29) is 18.6 Å². The van der Waals surface area contributed by atoms with E-state index in [9.17, 15) is 14.4 Å². The predicted octanol–water partition coefficient (Wildman–Crippen LogP) is 3.84. The van der Waals surface area contributed by atoms with Crippen LogP contribution in [-0.4, -0.2) is 23.8 Å². The van der Waals surface area contributed by atoms with Crippen molar-refractivity contribution in [1.82, 2.24) is 0 Å². The quantitative estimate of drug-likeness (QED) is 0.606. The van der Waals surface area contributed by atoms with Crippen molar-refractivity contribution in [2.45, 2.75) is 39.7 Å². The predicted molar refractivity (Wildman–Crippen MR) is 100 cm³/mol. The summed E-state index contributed by atoms with van der Waals surface area (Å²) in [5.74, 6) is -1.10. The number of Topliss-reactive ketones (excluding diaryl/α,β-unsaturated/α-hetero) is 1. The van der Waals surface area contributed by atoms with E-state index in [0.717, 1.165) is 11.1 Å². The van der Waals surface area contributed by atoms with Crippen LogP contribution >= 0.6 is 0 Å². The summed E-state index contributed by atoms with van der Waals surface area (Å²) < 4.78 is 5.13. The van der Waals surface area contributed by atoms with Crippen LogP contribution in [0.4, 0.5) is 5.69 Å². The first-order valence-corrected chi connectivity index (χ1v) is 8.52. The van der Waals surface area contributed by atoms with Crippen molar-refractivity contribution in [2.24, 2.45) is 0 Å². The van der Waals surface area contributed by atoms with Crippen molar-refractivity contribution >= 4 is 23.3 Å². The van der Waals surface area contributed by atoms with Gasteiger partial charge in [-0.2, -0.15) is 0 Å². The van der Waals surface area contributed by atoms with Crippen molar-refractivity contribution in [2.75, 3.05) is 5.32 Å². The van der Waals surface area contributed by atoms with Crippen LogP contribution in [0.1, 0.15) is 41.3 Å². The number of anilines is 1. The first kappa shape index (κ1) is 19.4. The fraction of sp³-hybridized carbons (Fsp3) is 0.286. The van der Waals surface area contributed by atoms with E-state index in [2.05, 4.69) is 5.32 Å². The van der Waals surface area contributed by atoms with Gasteiger partial charge >= 0.3 is 5.97 Å². The Morgan fingerprint density at radius 3 is 2.35 bits per heavy atom. The number of esters is 1. The van der Waals surface area contributed by atoms with Crippen molar-refractivity contribution in [3.8, 4) is 0 Å². The van der Waals surface area contributed by atoms with Crippen LogP contribution in [0.2, 0.25) is 0 Å². The molecule has 26 heavy (non-hydrogen) atoms. The molecule has 0 fully saturated rings. The van der Waals surface area contributed by atoms with Gasteiger partial charge in [-0.3, -0.25) is 14.4 Å². The van der Waals surface area contributed by atoms with Crippen LogP contribution in [0, 0.1) is 13.8 Å². The Balaban J connectivity index is 1.82. The summed E-state index contributed by atoms with van der Waals surface area (Å²) >= 11 is 0. The summed E-state index contributed by atoms with van der Waals surface area (Å²) in [6.45, 7) is 5.38. The van der Waals surface area contributed by atoms with Gasteiger partial charge in [0, 0.05) is 17.7 Å². The highest BCUT2D eigenvalue weighted by atomic mass is 16.5. The zero-order chi connectivity index (χ0) is 19.1. The van der Waals surface area contributed by atoms with E-state index in [1.165, 1.54) is 6.92 Å². The molecule has 0 heterocycles. The van der Waals surface area contributed by atoms with E-state index in [0.29, 0.717) is 11.3 Å². The van der Waals surface area contributed by atoms with Crippen LogP contribution < -0.4 is 5.32 Å². The second-order valence-electron chi connectivity index (χ2n) is 6.23. The summed E-state index contributed by atoms with van der Waals surface area (Å²) in [6.07, 6.45) is -0.946. The third kappa shape index (κ3) is 5.55. The van der Waals surface area contributed by atoms with Gasteiger partial charge in [0.15, 0.2) is 11.9 Å². The Bertz CT molecular complexity index is 799. The molecular formula is C21H23NO4. The lowest BCUT2D eigenvalue weighted by Crippen LogP contribution is -2.30. The van der Waals surface area contributed by atoms with E-state index >= 15 is 0 Å². The number of carbonyl (C=O) groups excluding carboxylic acids is 3. The van der Waals surface area contributed by atoms with Crippen molar-refractivity contribution in [3.63, 3.8) is 0 Å². The number of hydrogen-bond acceptors (Lipinski definition) is 4. The van der Waals surface area contributed by atoms with Crippen LogP contribution in [0.3, 0.4) is 0 Å². The number of rotatable bonds is 7. The van der Waals surface area contributed by atoms with Crippen LogP contribution in [0.5, 0.6) is 0 Å². The van der Waals surface area contributed by atoms with Crippen molar-refractivity contribution < 1.29 is 19.1 Å². The maximum atomic E-state index is 12.2. The summed E-state index contributed by atoms with van der Waals surface area (Å²) in [5, 5.41) is 2.75. The van der Waals surface area contributed by atoms with Crippen LogP contribution in [0.15, 0.2) is 48.5 Å². The Labute approximate surface area is 153 Å². The molecule has 1 amide bonds. The average molecular weight is 353 g/mol. The molecule has 1 unspecified atom stereocenters. The van der Waals surface area contributed by atoms with E-state index < -0.39 is 18.0 Å². The fourth-order valence-electron chi connectivity index (χ4n) is 2.48. The fourth-order valence-corrected chi connectivity index (χ4v) is 2.48. The molecule has 5 heteroatoms. The number of ketones is 1. The number of hydrogen-bond donors (Lipinski definition) is 1. The molecule has 2 rings (SSSR count). The molecule has 0 radical (unpaired) electrons. The molecule has 2 aromatic carbocycles. The zero-order valence-electron chi connectivity index (χ0n) is 15.2. The zero-order valence-corrected chi connectivity index (χ0v) is 15.2. The van der Waals surface area contributed by atoms with Gasteiger partial charge < -0.3 is 10.1 Å². The van der Waals surface area contributed by atoms with E-state index in [4.69, 9.17) is 4.74 Å². The molecule has 136 valence electrons. The Morgan fingerprint density at radius 1 is 1.00 bits per heavy atom. The molecule has 0 saturated carbocycles. The summed E-state index contributed by atoms with van der Waals surface area (Å²) in [4.78, 5) is 36.1. The summed E-state index contributed by atoms with van der Waals surface area (Å²) in [6, 6.07) is 14.4. The highest BCUT2D eigenvalue weighted by Crippen LogP contribution is 2.16. The molecule has 1 atom stereocenters. The minimum atomic E-state index is -0.935. The minimum absolute atomic E-state index is 0.0499. The third-order valence-electron chi connectivity index (χ3n) is 3.97. The lowest BCUT2D eigenvalue weighted by molar-refractivity contribution is -0.153. The molecule has 0 aliphatic carbocycles. The monoisotopic (exact) mass is 353 g/mol. The number of carbonyl (C=O) groups is 3. The standard InChI is InChI=1S/C21H23NO4/c1-14-9-10-18(15(2)13-14)22-21(25)16(3)26-20(24)12-11-19(23)17-7-5-4-6-8-17/h4-10,13,16H,11-12H2,1-3H3,(H,22,25). The first-order valence-electron chi connectivity index (χ1n) is 8.52. The van der Waals surface area contributed by atoms with Crippen molar-refractivity contribution in [1.29, 1.82) is 0 Å². The Morgan fingerprint density at radius 2 is 1.69 bits per heavy atom. The summed E-state index contributed by atoms with van der Waals surface area (Å²) in [7, 11) is 0. The Hall–Kier alpha value is -2.95. The second kappa shape index (κ2) is 8.94. The number of aryl methyl sites for hydroxylation is 2. The number of nitrogens with one attached hydrogen (secondary N) is 1. The topological polar surface area (TPSA) is 72.5 Å². The summed E-state index contributed by atoms with van der Waals surface area (Å²) in [5.41, 5.74) is 3.28. The lowest BCUT2D eigenvalue weighted by Gasteiger charge is -2.15. The number of amides is 1. The molecule has 0 aliphatic heterocycles. The Kier molecular flexibility index (Phi) is 6.67. The lowest BCUT2D eigenvalue weighted by atomic mass is 10.1. The SMILES string of the molecule is Cc1ccc(NC(=O)C(C)OC(=O)CCC(=O)c2ccccc2)c(C)c1. The van der Waals surface area contributed by atoms with E-state index in [1.54, 1.807) is 24.3 Å². The number of benzene rings is 2. The van der Waals surface area contributed by atoms with Gasteiger partial charge in [0.1, 0.15) is 0 Å². The molecule has 1 N–H and O–H groups in total. The highest BCUT2D eigenvalue weighted by Gasteiger charge is 2.19. The molecular weight excluding hydrogens is 330 g/mol. The maximum Gasteiger partial charge on any atom is 0.307 e. The van der Waals surface area contributed by atoms with Gasteiger partial charge in [0.05, 0.1) is 6.42 Å². The van der Waals surface area contributed by atoms with Gasteiger partial charge in [-0.25, -0.2) is 0 Å². The van der Waals surface area contributed by atoms with Gasteiger partial charge in [-0.1, -0.05) is 48.0 Å². The molecule has 0 spiro atoms. The van der Waals surface area contributed by atoms with Gasteiger partial charge in [-0.05, 0) is 32.4 Å². The number of ether oxygens (including phenoxy) is 1. The molecule has 5 nitrogen and oxygen atoms in total. The van der Waals surface area contributed by atoms with Crippen LogP contribution in [0.25, 0.3) is 0 Å². The molecule has 0 aromatic heterocycles. The van der Waals surface area contributed by atoms with Crippen LogP contribution in [-0.2, 0) is 14.3 Å². The molecule has 0 saturated heterocycles. The molecule has 2 aromatic rings. The normalized spacial score (nSPS) is 11.5. The smallest absolute Gasteiger partial charge is 0.307 e. The van der Waals surface area contributed by atoms with Gasteiger partial charge in [-0.15, -0.1) is 0 Å².